The van der Waals surface area contributed by atoms with Crippen molar-refractivity contribution in [2.45, 2.75) is 13.8 Å². The molecule has 2 aromatic carbocycles. The minimum absolute atomic E-state index is 0.0704. The SMILES string of the molecule is CC1(C)C(=O)NN=C1c1cccc(Nc2ccccc2)c1. The van der Waals surface area contributed by atoms with Crippen LogP contribution in [0.15, 0.2) is 59.7 Å². The summed E-state index contributed by atoms with van der Waals surface area (Å²) < 4.78 is 0. The number of nitrogens with zero attached hydrogens (tertiary/aromatic N) is 1. The largest absolute Gasteiger partial charge is 0.356 e. The van der Waals surface area contributed by atoms with Gasteiger partial charge in [-0.1, -0.05) is 30.3 Å². The van der Waals surface area contributed by atoms with E-state index in [0.29, 0.717) is 0 Å². The first-order valence-corrected chi connectivity index (χ1v) is 6.88. The predicted molar refractivity (Wildman–Crippen MR) is 84.6 cm³/mol. The van der Waals surface area contributed by atoms with Gasteiger partial charge in [0, 0.05) is 16.9 Å². The second-order valence-corrected chi connectivity index (χ2v) is 5.60. The first-order valence-electron chi connectivity index (χ1n) is 6.88. The summed E-state index contributed by atoms with van der Waals surface area (Å²) in [5, 5.41) is 7.52. The summed E-state index contributed by atoms with van der Waals surface area (Å²) >= 11 is 0. The minimum Gasteiger partial charge on any atom is -0.356 e. The first kappa shape index (κ1) is 13.4. The molecular formula is C17H17N3O. The van der Waals surface area contributed by atoms with E-state index in [1.54, 1.807) is 0 Å². The fourth-order valence-corrected chi connectivity index (χ4v) is 2.35. The molecule has 0 atom stereocenters. The van der Waals surface area contributed by atoms with Crippen molar-refractivity contribution >= 4 is 23.0 Å². The molecular weight excluding hydrogens is 262 g/mol. The van der Waals surface area contributed by atoms with E-state index in [1.807, 2.05) is 68.4 Å². The van der Waals surface area contributed by atoms with E-state index in [9.17, 15) is 4.79 Å². The molecule has 1 aliphatic heterocycles. The molecule has 0 spiro atoms. The van der Waals surface area contributed by atoms with Crippen LogP contribution in [0.3, 0.4) is 0 Å². The normalized spacial score (nSPS) is 16.3. The maximum Gasteiger partial charge on any atom is 0.251 e. The molecule has 0 saturated heterocycles. The molecule has 1 heterocycles. The molecule has 2 N–H and O–H groups in total. The summed E-state index contributed by atoms with van der Waals surface area (Å²) in [6.45, 7) is 3.76. The van der Waals surface area contributed by atoms with Gasteiger partial charge in [-0.2, -0.15) is 5.10 Å². The molecule has 0 aliphatic carbocycles. The molecule has 1 aliphatic rings. The van der Waals surface area contributed by atoms with Crippen LogP contribution in [0, 0.1) is 5.41 Å². The lowest BCUT2D eigenvalue weighted by molar-refractivity contribution is -0.125. The zero-order chi connectivity index (χ0) is 14.9. The Morgan fingerprint density at radius 1 is 1.00 bits per heavy atom. The lowest BCUT2D eigenvalue weighted by atomic mass is 9.84. The molecule has 0 saturated carbocycles. The minimum atomic E-state index is -0.606. The van der Waals surface area contributed by atoms with E-state index in [2.05, 4.69) is 15.8 Å². The highest BCUT2D eigenvalue weighted by molar-refractivity contribution is 6.19. The van der Waals surface area contributed by atoms with Crippen LogP contribution < -0.4 is 10.7 Å². The summed E-state index contributed by atoms with van der Waals surface area (Å²) in [6, 6.07) is 17.9. The molecule has 1 amide bonds. The van der Waals surface area contributed by atoms with Gasteiger partial charge in [-0.05, 0) is 38.1 Å². The Kier molecular flexibility index (Phi) is 3.22. The summed E-state index contributed by atoms with van der Waals surface area (Å²) in [7, 11) is 0. The summed E-state index contributed by atoms with van der Waals surface area (Å²) in [4.78, 5) is 11.8. The highest BCUT2D eigenvalue weighted by Gasteiger charge is 2.39. The molecule has 2 aromatic rings. The van der Waals surface area contributed by atoms with E-state index >= 15 is 0 Å². The fraction of sp³-hybridized carbons (Fsp3) is 0.176. The summed E-state index contributed by atoms with van der Waals surface area (Å²) in [5.74, 6) is -0.0704. The standard InChI is InChI=1S/C17H17N3O/c1-17(2)15(19-20-16(17)21)12-7-6-10-14(11-12)18-13-8-4-3-5-9-13/h3-11,18H,1-2H3,(H,20,21). The number of hydrogen-bond acceptors (Lipinski definition) is 3. The smallest absolute Gasteiger partial charge is 0.251 e. The van der Waals surface area contributed by atoms with E-state index in [4.69, 9.17) is 0 Å². The number of nitrogens with one attached hydrogen (secondary N) is 2. The zero-order valence-corrected chi connectivity index (χ0v) is 12.1. The van der Waals surface area contributed by atoms with Crippen molar-refractivity contribution in [3.05, 3.63) is 60.2 Å². The molecule has 21 heavy (non-hydrogen) atoms. The van der Waals surface area contributed by atoms with Crippen LogP contribution in [0.1, 0.15) is 19.4 Å². The molecule has 0 aromatic heterocycles. The average molecular weight is 279 g/mol. The molecule has 4 nitrogen and oxygen atoms in total. The molecule has 0 fully saturated rings. The number of hydrogen-bond donors (Lipinski definition) is 2. The van der Waals surface area contributed by atoms with Crippen LogP contribution >= 0.6 is 0 Å². The Morgan fingerprint density at radius 3 is 2.38 bits per heavy atom. The molecule has 4 heteroatoms. The number of hydrazone groups is 1. The quantitative estimate of drug-likeness (QED) is 0.905. The lowest BCUT2D eigenvalue weighted by Gasteiger charge is -2.17. The monoisotopic (exact) mass is 279 g/mol. The summed E-state index contributed by atoms with van der Waals surface area (Å²) in [5.41, 5.74) is 5.66. The second kappa shape index (κ2) is 5.05. The van der Waals surface area contributed by atoms with Crippen molar-refractivity contribution in [3.8, 4) is 0 Å². The van der Waals surface area contributed by atoms with Gasteiger partial charge in [0.15, 0.2) is 0 Å². The topological polar surface area (TPSA) is 53.5 Å². The van der Waals surface area contributed by atoms with Crippen molar-refractivity contribution in [1.29, 1.82) is 0 Å². The average Bonchev–Trinajstić information content (AvgIpc) is 2.74. The third-order valence-electron chi connectivity index (χ3n) is 3.63. The maximum absolute atomic E-state index is 11.8. The molecule has 3 rings (SSSR count). The number of anilines is 2. The van der Waals surface area contributed by atoms with Gasteiger partial charge >= 0.3 is 0 Å². The zero-order valence-electron chi connectivity index (χ0n) is 12.1. The van der Waals surface area contributed by atoms with Gasteiger partial charge in [0.1, 0.15) is 0 Å². The van der Waals surface area contributed by atoms with E-state index in [-0.39, 0.29) is 5.91 Å². The Bertz CT molecular complexity index is 705. The third kappa shape index (κ3) is 2.52. The van der Waals surface area contributed by atoms with Crippen molar-refractivity contribution < 1.29 is 4.79 Å². The van der Waals surface area contributed by atoms with Crippen LogP contribution in [-0.4, -0.2) is 11.6 Å². The predicted octanol–water partition coefficient (Wildman–Crippen LogP) is 3.29. The maximum atomic E-state index is 11.8. The highest BCUT2D eigenvalue weighted by Crippen LogP contribution is 2.28. The van der Waals surface area contributed by atoms with Gasteiger partial charge in [-0.25, -0.2) is 5.43 Å². The second-order valence-electron chi connectivity index (χ2n) is 5.60. The Balaban J connectivity index is 1.89. The van der Waals surface area contributed by atoms with Gasteiger partial charge in [0.25, 0.3) is 5.91 Å². The number of rotatable bonds is 3. The first-order chi connectivity index (χ1) is 10.1. The van der Waals surface area contributed by atoms with Gasteiger partial charge in [0.05, 0.1) is 11.1 Å². The third-order valence-corrected chi connectivity index (χ3v) is 3.63. The molecule has 106 valence electrons. The van der Waals surface area contributed by atoms with Crippen molar-refractivity contribution in [3.63, 3.8) is 0 Å². The molecule has 0 bridgehead atoms. The van der Waals surface area contributed by atoms with Crippen LogP contribution in [0.2, 0.25) is 0 Å². The number of benzene rings is 2. The Labute approximate surface area is 123 Å². The number of para-hydroxylation sites is 1. The van der Waals surface area contributed by atoms with Crippen molar-refractivity contribution in [2.24, 2.45) is 10.5 Å². The van der Waals surface area contributed by atoms with Gasteiger partial charge in [-0.15, -0.1) is 0 Å². The van der Waals surface area contributed by atoms with E-state index in [1.165, 1.54) is 0 Å². The van der Waals surface area contributed by atoms with Crippen LogP contribution in [0.4, 0.5) is 11.4 Å². The van der Waals surface area contributed by atoms with Gasteiger partial charge in [-0.3, -0.25) is 4.79 Å². The van der Waals surface area contributed by atoms with Crippen LogP contribution in [-0.2, 0) is 4.79 Å². The molecule has 0 radical (unpaired) electrons. The van der Waals surface area contributed by atoms with Crippen molar-refractivity contribution in [2.75, 3.05) is 5.32 Å². The number of carbonyl (C=O) groups is 1. The Morgan fingerprint density at radius 2 is 1.71 bits per heavy atom. The van der Waals surface area contributed by atoms with Gasteiger partial charge < -0.3 is 5.32 Å². The number of amides is 1. The van der Waals surface area contributed by atoms with Crippen molar-refractivity contribution in [1.82, 2.24) is 5.43 Å². The van der Waals surface area contributed by atoms with Crippen LogP contribution in [0.5, 0.6) is 0 Å². The molecule has 0 unspecified atom stereocenters. The van der Waals surface area contributed by atoms with E-state index < -0.39 is 5.41 Å². The number of carbonyl (C=O) groups excluding carboxylic acids is 1. The fourth-order valence-electron chi connectivity index (χ4n) is 2.35. The lowest BCUT2D eigenvalue weighted by Crippen LogP contribution is -2.32. The summed E-state index contributed by atoms with van der Waals surface area (Å²) in [6.07, 6.45) is 0. The van der Waals surface area contributed by atoms with E-state index in [0.717, 1.165) is 22.6 Å². The highest BCUT2D eigenvalue weighted by atomic mass is 16.2. The van der Waals surface area contributed by atoms with Crippen LogP contribution in [0.25, 0.3) is 0 Å². The Hall–Kier alpha value is -2.62. The van der Waals surface area contributed by atoms with Gasteiger partial charge in [0.2, 0.25) is 0 Å².